The van der Waals surface area contributed by atoms with E-state index in [0.717, 1.165) is 48.9 Å². The van der Waals surface area contributed by atoms with Gasteiger partial charge in [-0.3, -0.25) is 0 Å². The molecular weight excluding hydrogens is 1480 g/mol. The molecule has 16 aromatic carbocycles. The fraction of sp³-hybridized carbons (Fsp3) is 0.0755. The topological polar surface area (TPSA) is 95.8 Å². The van der Waals surface area contributed by atoms with E-state index in [-0.39, 0.29) is 16.6 Å². The summed E-state index contributed by atoms with van der Waals surface area (Å²) in [6, 6.07) is 134. The van der Waals surface area contributed by atoms with Gasteiger partial charge in [-0.25, -0.2) is 29.9 Å². The predicted molar refractivity (Wildman–Crippen MR) is 475 cm³/mol. The van der Waals surface area contributed by atoms with Crippen LogP contribution in [0.2, 0.25) is 0 Å². The van der Waals surface area contributed by atoms with Gasteiger partial charge in [0.25, 0.3) is 0 Å². The third-order valence-corrected chi connectivity index (χ3v) is 25.0. The Bertz CT molecular complexity index is 6780. The molecule has 1 saturated heterocycles. The molecule has 8 nitrogen and oxygen atoms in total. The van der Waals surface area contributed by atoms with Crippen molar-refractivity contribution in [1.82, 2.24) is 29.9 Å². The molecule has 1 fully saturated rings. The Morgan fingerprint density at radius 3 is 0.871 bits per heavy atom. The summed E-state index contributed by atoms with van der Waals surface area (Å²) in [5.41, 5.74) is 28.9. The smallest absolute Gasteiger partial charge is 0.399 e. The van der Waals surface area contributed by atoms with Gasteiger partial charge in [-0.2, -0.15) is 0 Å². The second-order valence-electron chi connectivity index (χ2n) is 31.4. The summed E-state index contributed by atoms with van der Waals surface area (Å²) >= 11 is 3.77. The molecule has 0 amide bonds. The summed E-state index contributed by atoms with van der Waals surface area (Å²) in [6.45, 7) is 8.23. The molecule has 0 bridgehead atoms. The third-order valence-electron chi connectivity index (χ3n) is 24.5. The molecule has 2 unspecified atom stereocenters. The van der Waals surface area contributed by atoms with Crippen LogP contribution in [0.25, 0.3) is 146 Å². The number of rotatable bonds is 8. The van der Waals surface area contributed by atoms with Gasteiger partial charge in [0.15, 0.2) is 34.9 Å². The minimum absolute atomic E-state index is 0.305. The van der Waals surface area contributed by atoms with E-state index in [2.05, 4.69) is 274 Å². The number of nitrogens with zero attached hydrogens (tertiary/aromatic N) is 6. The van der Waals surface area contributed by atoms with Crippen molar-refractivity contribution >= 4 is 50.1 Å². The highest BCUT2D eigenvalue weighted by molar-refractivity contribution is 9.10. The van der Waals surface area contributed by atoms with Crippen molar-refractivity contribution in [2.45, 2.75) is 49.7 Å². The molecule has 2 spiro atoms. The van der Waals surface area contributed by atoms with Crippen LogP contribution in [0, 0.1) is 0 Å². The van der Waals surface area contributed by atoms with Gasteiger partial charge in [-0.1, -0.05) is 374 Å². The van der Waals surface area contributed by atoms with Crippen LogP contribution in [0.3, 0.4) is 0 Å². The van der Waals surface area contributed by atoms with E-state index < -0.39 is 12.5 Å². The first kappa shape index (κ1) is 70.4. The van der Waals surface area contributed by atoms with Crippen LogP contribution in [0.1, 0.15) is 72.2 Å². The van der Waals surface area contributed by atoms with E-state index in [1.807, 2.05) is 146 Å². The number of hydrogen-bond donors (Lipinski definition) is 0. The molecule has 5 aliphatic rings. The van der Waals surface area contributed by atoms with Gasteiger partial charge in [0.1, 0.15) is 0 Å². The van der Waals surface area contributed by atoms with Crippen LogP contribution in [-0.4, -0.2) is 48.2 Å². The Kier molecular flexibility index (Phi) is 17.0. The van der Waals surface area contributed by atoms with Crippen molar-refractivity contribution in [3.8, 4) is 124 Å². The minimum atomic E-state index is -0.446. The summed E-state index contributed by atoms with van der Waals surface area (Å²) in [6.07, 6.45) is 0. The maximum absolute atomic E-state index is 6.19. The molecule has 550 valence electrons. The number of halogens is 1. The monoisotopic (exact) mass is 1550 g/mol. The van der Waals surface area contributed by atoms with Crippen LogP contribution in [0.15, 0.2) is 381 Å². The SMILES string of the molecule is Brc1ccc2c(c1)C1(c3ccccc3-2)c2ccccc2-c2cccc3cccc1c23.CC1(C)OB(c2ccc(-c3nc(-c4ccccc4)nc(-c4ccccc4)n3)cc2)OC1(C)C.c1ccc(-c2nc(-c3ccccc3)nc(-c3ccc(-c4ccc5c(c4)C4(c6ccccc6-5)c5ccccc5-c5cccc6cccc4c56)cc3)n2)cc1. The lowest BCUT2D eigenvalue weighted by Crippen LogP contribution is -2.41. The van der Waals surface area contributed by atoms with Crippen molar-refractivity contribution in [3.05, 3.63) is 425 Å². The molecule has 0 radical (unpaired) electrons. The maximum atomic E-state index is 6.19. The molecule has 0 N–H and O–H groups in total. The Labute approximate surface area is 683 Å². The molecule has 18 aromatic rings. The minimum Gasteiger partial charge on any atom is -0.399 e. The van der Waals surface area contributed by atoms with Gasteiger partial charge in [-0.05, 0) is 173 Å². The van der Waals surface area contributed by atoms with Crippen molar-refractivity contribution in [2.75, 3.05) is 0 Å². The highest BCUT2D eigenvalue weighted by Crippen LogP contribution is 2.64. The summed E-state index contributed by atoms with van der Waals surface area (Å²) in [7, 11) is -0.401. The van der Waals surface area contributed by atoms with Crippen LogP contribution >= 0.6 is 15.9 Å². The van der Waals surface area contributed by atoms with Gasteiger partial charge < -0.3 is 9.31 Å². The lowest BCUT2D eigenvalue weighted by atomic mass is 9.61. The number of fused-ring (bicyclic) bond motifs is 18. The maximum Gasteiger partial charge on any atom is 0.494 e. The molecule has 116 heavy (non-hydrogen) atoms. The van der Waals surface area contributed by atoms with E-state index in [1.165, 1.54) is 116 Å². The van der Waals surface area contributed by atoms with Crippen molar-refractivity contribution in [3.63, 3.8) is 0 Å². The van der Waals surface area contributed by atoms with Gasteiger partial charge >= 0.3 is 7.12 Å². The standard InChI is InChI=1S/C50H31N3.C29H17Br.C27H26BN3O2/c1-3-13-34(14-4-1)47-51-48(35-15-5-2-6-16-35)53-49(52-47)36-27-25-32(26-28-36)37-29-30-40-38-19-7-9-22-42(38)50(45(40)31-37)43-23-10-8-20-39(43)41-21-11-17-33-18-12-24-44(50)46(33)41;30-19-15-16-22-20-9-1-3-12-24(20)29(27(22)17-19)25-13-4-2-10-21(25)23-11-5-7-18-8-6-14-26(29)28(18)23;1-26(2)27(3,4)33-28(32-26)22-17-15-21(16-18-22)25-30-23(19-11-7-5-8-12-19)29-24(31-25)20-13-9-6-10-14-20/h1-31H;1-17H;5-18H,1-4H3. The van der Waals surface area contributed by atoms with E-state index in [4.69, 9.17) is 39.2 Å². The van der Waals surface area contributed by atoms with Gasteiger partial charge in [0.2, 0.25) is 0 Å². The van der Waals surface area contributed by atoms with Crippen molar-refractivity contribution < 1.29 is 9.31 Å². The molecule has 2 atom stereocenters. The Balaban J connectivity index is 0.000000115. The average molecular weight is 1550 g/mol. The average Bonchev–Trinajstić information content (AvgIpc) is 1.50. The zero-order valence-corrected chi connectivity index (χ0v) is 65.8. The first-order valence-electron chi connectivity index (χ1n) is 39.6. The molecule has 0 saturated carbocycles. The van der Waals surface area contributed by atoms with E-state index >= 15 is 0 Å². The predicted octanol–water partition coefficient (Wildman–Crippen LogP) is 25.2. The normalized spacial score (nSPS) is 16.1. The molecule has 23 rings (SSSR count). The van der Waals surface area contributed by atoms with Gasteiger partial charge in [-0.15, -0.1) is 0 Å². The highest BCUT2D eigenvalue weighted by atomic mass is 79.9. The lowest BCUT2D eigenvalue weighted by Gasteiger charge is -2.40. The number of aromatic nitrogens is 6. The zero-order valence-electron chi connectivity index (χ0n) is 64.3. The van der Waals surface area contributed by atoms with E-state index in [0.29, 0.717) is 34.9 Å². The Hall–Kier alpha value is -13.5. The third kappa shape index (κ3) is 11.4. The Morgan fingerprint density at radius 2 is 0.491 bits per heavy atom. The fourth-order valence-corrected chi connectivity index (χ4v) is 18.8. The molecule has 1 aliphatic heterocycles. The van der Waals surface area contributed by atoms with Gasteiger partial charge in [0, 0.05) is 37.9 Å². The number of hydrogen-bond acceptors (Lipinski definition) is 8. The summed E-state index contributed by atoms with van der Waals surface area (Å²) < 4.78 is 13.5. The van der Waals surface area contributed by atoms with Gasteiger partial charge in [0.05, 0.1) is 22.0 Å². The van der Waals surface area contributed by atoms with Crippen LogP contribution in [0.4, 0.5) is 0 Å². The van der Waals surface area contributed by atoms with Crippen molar-refractivity contribution in [1.29, 1.82) is 0 Å². The zero-order chi connectivity index (χ0) is 77.9. The first-order valence-corrected chi connectivity index (χ1v) is 40.4. The second-order valence-corrected chi connectivity index (χ2v) is 32.3. The van der Waals surface area contributed by atoms with E-state index in [1.54, 1.807) is 0 Å². The lowest BCUT2D eigenvalue weighted by molar-refractivity contribution is 0.00578. The van der Waals surface area contributed by atoms with E-state index in [9.17, 15) is 0 Å². The summed E-state index contributed by atoms with van der Waals surface area (Å²) in [4.78, 5) is 29.1. The quantitative estimate of drug-likeness (QED) is 0.139. The molecule has 3 heterocycles. The van der Waals surface area contributed by atoms with Crippen LogP contribution in [0.5, 0.6) is 0 Å². The largest absolute Gasteiger partial charge is 0.494 e. The Morgan fingerprint density at radius 1 is 0.224 bits per heavy atom. The first-order chi connectivity index (χ1) is 56.9. The molecule has 4 aliphatic carbocycles. The fourth-order valence-electron chi connectivity index (χ4n) is 18.5. The van der Waals surface area contributed by atoms with Crippen LogP contribution < -0.4 is 5.46 Å². The molecule has 2 aromatic heterocycles. The molecular formula is C106H74BBrN6O2. The van der Waals surface area contributed by atoms with Crippen molar-refractivity contribution in [2.24, 2.45) is 0 Å². The second kappa shape index (κ2) is 28.0. The van der Waals surface area contributed by atoms with Crippen LogP contribution in [-0.2, 0) is 20.1 Å². The highest BCUT2D eigenvalue weighted by Gasteiger charge is 2.54. The summed E-state index contributed by atoms with van der Waals surface area (Å²) in [5, 5.41) is 5.30. The molecule has 10 heteroatoms. The number of benzene rings is 16. The summed E-state index contributed by atoms with van der Waals surface area (Å²) in [5.74, 6) is 3.89.